The SMILES string of the molecule is CN=C(N)C(C(C=N)=CN)=C(N)N1CCC(c2nc(-c3ccc(F)c(C(F)(F)F)c3)cn2CCN2CCC2)CC1. The lowest BCUT2D eigenvalue weighted by Crippen LogP contribution is -2.40. The van der Waals surface area contributed by atoms with Crippen molar-refractivity contribution in [3.8, 4) is 11.3 Å². The number of rotatable bonds is 9. The number of hydrogen-bond acceptors (Lipinski definition) is 7. The van der Waals surface area contributed by atoms with Gasteiger partial charge < -0.3 is 37.0 Å². The highest BCUT2D eigenvalue weighted by molar-refractivity contribution is 6.08. The summed E-state index contributed by atoms with van der Waals surface area (Å²) in [6, 6.07) is 2.99. The quantitative estimate of drug-likeness (QED) is 0.161. The van der Waals surface area contributed by atoms with Gasteiger partial charge >= 0.3 is 6.18 Å². The molecule has 4 rings (SSSR count). The fourth-order valence-corrected chi connectivity index (χ4v) is 5.11. The van der Waals surface area contributed by atoms with Crippen LogP contribution in [0.2, 0.25) is 0 Å². The average molecular weight is 562 g/mol. The van der Waals surface area contributed by atoms with Crippen molar-refractivity contribution in [1.29, 1.82) is 5.41 Å². The Morgan fingerprint density at radius 1 is 1.15 bits per heavy atom. The number of nitrogens with zero attached hydrogens (tertiary/aromatic N) is 5. The van der Waals surface area contributed by atoms with Crippen LogP contribution in [0.25, 0.3) is 11.3 Å². The number of hydrogen-bond donors (Lipinski definition) is 4. The molecule has 0 radical (unpaired) electrons. The van der Waals surface area contributed by atoms with E-state index in [9.17, 15) is 17.6 Å². The minimum absolute atomic E-state index is 0.0321. The summed E-state index contributed by atoms with van der Waals surface area (Å²) in [5, 5.41) is 7.66. The zero-order chi connectivity index (χ0) is 29.0. The van der Waals surface area contributed by atoms with Gasteiger partial charge in [-0.15, -0.1) is 0 Å². The Bertz CT molecular complexity index is 1310. The van der Waals surface area contributed by atoms with Gasteiger partial charge in [0.1, 0.15) is 23.3 Å². The van der Waals surface area contributed by atoms with Crippen LogP contribution in [0.3, 0.4) is 0 Å². The summed E-state index contributed by atoms with van der Waals surface area (Å²) in [5.74, 6) is 0.0469. The summed E-state index contributed by atoms with van der Waals surface area (Å²) in [6.45, 7) is 4.64. The molecule has 0 aliphatic carbocycles. The molecule has 2 aliphatic rings. The van der Waals surface area contributed by atoms with Crippen molar-refractivity contribution in [2.24, 2.45) is 22.2 Å². The molecule has 0 bridgehead atoms. The molecule has 0 spiro atoms. The van der Waals surface area contributed by atoms with Crippen molar-refractivity contribution < 1.29 is 17.6 Å². The largest absolute Gasteiger partial charge is 0.419 e. The first kappa shape index (κ1) is 29.1. The molecule has 2 aromatic rings. The maximum Gasteiger partial charge on any atom is 0.419 e. The molecule has 0 atom stereocenters. The molecule has 7 N–H and O–H groups in total. The van der Waals surface area contributed by atoms with Crippen molar-refractivity contribution in [2.45, 2.75) is 37.9 Å². The number of benzene rings is 1. The van der Waals surface area contributed by atoms with Gasteiger partial charge in [-0.05, 0) is 50.6 Å². The number of nitrogens with two attached hydrogens (primary N) is 3. The van der Waals surface area contributed by atoms with Crippen molar-refractivity contribution in [1.82, 2.24) is 19.4 Å². The number of alkyl halides is 3. The molecule has 40 heavy (non-hydrogen) atoms. The second kappa shape index (κ2) is 12.1. The van der Waals surface area contributed by atoms with Gasteiger partial charge in [-0.1, -0.05) is 0 Å². The van der Waals surface area contributed by atoms with E-state index in [0.29, 0.717) is 55.1 Å². The normalized spacial score (nSPS) is 18.5. The zero-order valence-corrected chi connectivity index (χ0v) is 22.4. The number of amidine groups is 1. The molecular formula is C27H35F4N9. The Morgan fingerprint density at radius 2 is 1.85 bits per heavy atom. The van der Waals surface area contributed by atoms with Gasteiger partial charge in [0, 0.05) is 68.9 Å². The molecule has 2 saturated heterocycles. The zero-order valence-electron chi connectivity index (χ0n) is 22.4. The fraction of sp³-hybridized carbons (Fsp3) is 0.444. The van der Waals surface area contributed by atoms with Crippen LogP contribution in [0.15, 0.2) is 52.6 Å². The number of aliphatic imine (C=N–C) groups is 1. The number of nitrogens with one attached hydrogen (secondary N) is 1. The van der Waals surface area contributed by atoms with Crippen molar-refractivity contribution in [2.75, 3.05) is 39.8 Å². The van der Waals surface area contributed by atoms with Crippen molar-refractivity contribution in [3.05, 3.63) is 64.8 Å². The van der Waals surface area contributed by atoms with Gasteiger partial charge in [-0.25, -0.2) is 9.37 Å². The van der Waals surface area contributed by atoms with E-state index in [1.54, 1.807) is 6.20 Å². The fourth-order valence-electron chi connectivity index (χ4n) is 5.11. The lowest BCUT2D eigenvalue weighted by atomic mass is 9.95. The van der Waals surface area contributed by atoms with Crippen LogP contribution in [0.5, 0.6) is 0 Å². The minimum Gasteiger partial charge on any atom is -0.404 e. The van der Waals surface area contributed by atoms with E-state index < -0.39 is 17.6 Å². The monoisotopic (exact) mass is 561 g/mol. The summed E-state index contributed by atoms with van der Waals surface area (Å²) in [5.41, 5.74) is 18.3. The Hall–Kier alpha value is -3.87. The number of piperidine rings is 1. The number of aromatic nitrogens is 2. The topological polar surface area (TPSA) is 139 Å². The highest BCUT2D eigenvalue weighted by Gasteiger charge is 2.35. The second-order valence-corrected chi connectivity index (χ2v) is 9.96. The van der Waals surface area contributed by atoms with E-state index in [-0.39, 0.29) is 17.3 Å². The van der Waals surface area contributed by atoms with Gasteiger partial charge in [-0.3, -0.25) is 4.99 Å². The Balaban J connectivity index is 1.61. The van der Waals surface area contributed by atoms with Gasteiger partial charge in [0.25, 0.3) is 0 Å². The molecule has 2 aliphatic heterocycles. The minimum atomic E-state index is -4.80. The molecule has 3 heterocycles. The van der Waals surface area contributed by atoms with Gasteiger partial charge in [0.05, 0.1) is 16.8 Å². The average Bonchev–Trinajstić information content (AvgIpc) is 3.34. The highest BCUT2D eigenvalue weighted by Crippen LogP contribution is 2.36. The number of likely N-dealkylation sites (tertiary alicyclic amines) is 2. The third-order valence-corrected chi connectivity index (χ3v) is 7.56. The Morgan fingerprint density at radius 3 is 2.40 bits per heavy atom. The van der Waals surface area contributed by atoms with E-state index in [4.69, 9.17) is 27.6 Å². The maximum absolute atomic E-state index is 13.9. The van der Waals surface area contributed by atoms with Crippen LogP contribution in [0, 0.1) is 11.2 Å². The molecule has 0 unspecified atom stereocenters. The molecule has 2 fully saturated rings. The van der Waals surface area contributed by atoms with Gasteiger partial charge in [0.2, 0.25) is 0 Å². The van der Waals surface area contributed by atoms with E-state index in [1.165, 1.54) is 19.3 Å². The first-order valence-corrected chi connectivity index (χ1v) is 13.1. The second-order valence-electron chi connectivity index (χ2n) is 9.96. The summed E-state index contributed by atoms with van der Waals surface area (Å²) in [7, 11) is 1.53. The Kier molecular flexibility index (Phi) is 8.82. The molecule has 13 heteroatoms. The van der Waals surface area contributed by atoms with E-state index in [0.717, 1.165) is 50.2 Å². The molecule has 9 nitrogen and oxygen atoms in total. The molecule has 0 amide bonds. The molecule has 216 valence electrons. The summed E-state index contributed by atoms with van der Waals surface area (Å²) in [4.78, 5) is 13.1. The van der Waals surface area contributed by atoms with Crippen LogP contribution >= 0.6 is 0 Å². The Labute approximate surface area is 230 Å². The van der Waals surface area contributed by atoms with Crippen LogP contribution < -0.4 is 17.2 Å². The van der Waals surface area contributed by atoms with E-state index >= 15 is 0 Å². The maximum atomic E-state index is 13.9. The van der Waals surface area contributed by atoms with Crippen LogP contribution in [-0.2, 0) is 12.7 Å². The summed E-state index contributed by atoms with van der Waals surface area (Å²) >= 11 is 0. The third-order valence-electron chi connectivity index (χ3n) is 7.56. The third kappa shape index (κ3) is 6.14. The van der Waals surface area contributed by atoms with Crippen LogP contribution in [0.1, 0.15) is 36.6 Å². The number of imidazole rings is 1. The van der Waals surface area contributed by atoms with E-state index in [2.05, 4.69) is 9.89 Å². The van der Waals surface area contributed by atoms with Crippen molar-refractivity contribution >= 4 is 12.1 Å². The molecule has 0 saturated carbocycles. The van der Waals surface area contributed by atoms with Crippen LogP contribution in [-0.4, -0.2) is 71.2 Å². The highest BCUT2D eigenvalue weighted by atomic mass is 19.4. The first-order chi connectivity index (χ1) is 19.1. The predicted octanol–water partition coefficient (Wildman–Crippen LogP) is 3.24. The summed E-state index contributed by atoms with van der Waals surface area (Å²) in [6.07, 6.45) is 1.81. The first-order valence-electron chi connectivity index (χ1n) is 13.1. The lowest BCUT2D eigenvalue weighted by Gasteiger charge is -2.35. The molecule has 1 aromatic carbocycles. The standard InChI is InChI=1S/C27H35F4N9/c1-36-24(34)23(19(14-32)15-33)25(35)39-9-5-17(6-10-39)26-37-22(16-40(26)12-11-38-7-2-8-38)18-3-4-21(28)20(13-18)27(29,30)31/h3-4,13-17,32H,2,5-12,33,35H2,1H3,(H2,34,36). The smallest absolute Gasteiger partial charge is 0.404 e. The van der Waals surface area contributed by atoms with E-state index in [1.807, 2.05) is 9.47 Å². The van der Waals surface area contributed by atoms with Crippen LogP contribution in [0.4, 0.5) is 17.6 Å². The summed E-state index contributed by atoms with van der Waals surface area (Å²) < 4.78 is 56.1. The predicted molar refractivity (Wildman–Crippen MR) is 147 cm³/mol. The van der Waals surface area contributed by atoms with Gasteiger partial charge in [0.15, 0.2) is 0 Å². The molecular weight excluding hydrogens is 526 g/mol. The van der Waals surface area contributed by atoms with Gasteiger partial charge in [-0.2, -0.15) is 13.2 Å². The number of halogens is 4. The van der Waals surface area contributed by atoms with Crippen molar-refractivity contribution in [3.63, 3.8) is 0 Å². The lowest BCUT2D eigenvalue weighted by molar-refractivity contribution is -0.139. The molecule has 1 aromatic heterocycles.